The third-order valence-electron chi connectivity index (χ3n) is 9.66. The lowest BCUT2D eigenvalue weighted by molar-refractivity contribution is -0.0934. The van der Waals surface area contributed by atoms with Crippen molar-refractivity contribution in [3.05, 3.63) is 18.0 Å². The molecule has 1 heterocycles. The highest BCUT2D eigenvalue weighted by Crippen LogP contribution is 2.64. The van der Waals surface area contributed by atoms with Crippen LogP contribution in [-0.2, 0) is 15.7 Å². The first kappa shape index (κ1) is 21.5. The molecule has 170 valence electrons. The van der Waals surface area contributed by atoms with Crippen LogP contribution in [0.15, 0.2) is 12.4 Å². The zero-order valence-corrected chi connectivity index (χ0v) is 19.5. The summed E-state index contributed by atoms with van der Waals surface area (Å²) < 4.78 is 28.3. The molecule has 1 N–H and O–H groups in total. The van der Waals surface area contributed by atoms with Crippen LogP contribution in [0.2, 0.25) is 0 Å². The van der Waals surface area contributed by atoms with Gasteiger partial charge in [0.15, 0.2) is 9.84 Å². The van der Waals surface area contributed by atoms with Gasteiger partial charge >= 0.3 is 0 Å². The van der Waals surface area contributed by atoms with Gasteiger partial charge in [-0.25, -0.2) is 8.42 Å². The van der Waals surface area contributed by atoms with E-state index in [0.717, 1.165) is 44.9 Å². The summed E-state index contributed by atoms with van der Waals surface area (Å²) in [5.74, 6) is 3.06. The van der Waals surface area contributed by atoms with Crippen LogP contribution >= 0.6 is 0 Å². The summed E-state index contributed by atoms with van der Waals surface area (Å²) in [5, 5.41) is 23.4. The third kappa shape index (κ3) is 3.54. The Bertz CT molecular complexity index is 994. The van der Waals surface area contributed by atoms with Gasteiger partial charge in [0, 0.05) is 6.20 Å². The second-order valence-electron chi connectivity index (χ2n) is 11.5. The molecule has 4 fully saturated rings. The van der Waals surface area contributed by atoms with E-state index >= 15 is 0 Å². The Morgan fingerprint density at radius 2 is 1.90 bits per heavy atom. The smallest absolute Gasteiger partial charge is 0.173 e. The van der Waals surface area contributed by atoms with Gasteiger partial charge < -0.3 is 5.11 Å². The molecule has 4 aliphatic rings. The lowest BCUT2D eigenvalue weighted by Gasteiger charge is -2.56. The van der Waals surface area contributed by atoms with Crippen LogP contribution in [0.3, 0.4) is 0 Å². The van der Waals surface area contributed by atoms with Crippen LogP contribution in [0.25, 0.3) is 0 Å². The predicted molar refractivity (Wildman–Crippen MR) is 117 cm³/mol. The van der Waals surface area contributed by atoms with E-state index in [4.69, 9.17) is 5.26 Å². The van der Waals surface area contributed by atoms with Crippen LogP contribution in [0.4, 0.5) is 0 Å². The summed E-state index contributed by atoms with van der Waals surface area (Å²) >= 11 is 0. The van der Waals surface area contributed by atoms with Gasteiger partial charge in [-0.2, -0.15) is 10.4 Å². The molecular formula is C24H35N3O3S. The molecule has 31 heavy (non-hydrogen) atoms. The van der Waals surface area contributed by atoms with Crippen molar-refractivity contribution in [1.82, 2.24) is 9.78 Å². The first-order valence-electron chi connectivity index (χ1n) is 12.0. The summed E-state index contributed by atoms with van der Waals surface area (Å²) in [6.45, 7) is 4.24. The number of rotatable bonds is 3. The zero-order chi connectivity index (χ0) is 22.0. The van der Waals surface area contributed by atoms with Crippen LogP contribution in [0.1, 0.15) is 77.2 Å². The molecule has 0 amide bonds. The standard InChI is InChI=1S/C24H35N3O3S/c1-23(28)9-7-18-17(11-23)3-4-20-19(18)8-10-24(2)21(20)5-6-22(24)31(29,30)15-27-14-16(12-25)13-26-27/h13-14,17-22,28H,3-11,15H2,1-2H3/t17-,18+,19-,20-,21+,22+,23-,24+/m1/s1. The van der Waals surface area contributed by atoms with Crippen molar-refractivity contribution in [3.8, 4) is 6.07 Å². The summed E-state index contributed by atoms with van der Waals surface area (Å²) in [5.41, 5.74) is -0.255. The van der Waals surface area contributed by atoms with E-state index in [-0.39, 0.29) is 16.5 Å². The SMILES string of the molecule is C[C@@]1(O)CC[C@H]2[C@H](CC[C@@H]3[C@@H]2CC[C@@]2(C)[C@H]3CC[C@@H]2S(=O)(=O)Cn2cc(C#N)cn2)C1. The minimum Gasteiger partial charge on any atom is -0.390 e. The fourth-order valence-electron chi connectivity index (χ4n) is 8.39. The van der Waals surface area contributed by atoms with Crippen LogP contribution < -0.4 is 0 Å². The van der Waals surface area contributed by atoms with Crippen molar-refractivity contribution in [1.29, 1.82) is 5.26 Å². The summed E-state index contributed by atoms with van der Waals surface area (Å²) in [4.78, 5) is 0. The van der Waals surface area contributed by atoms with E-state index in [2.05, 4.69) is 12.0 Å². The zero-order valence-electron chi connectivity index (χ0n) is 18.7. The van der Waals surface area contributed by atoms with Crippen molar-refractivity contribution in [2.75, 3.05) is 0 Å². The van der Waals surface area contributed by atoms with Crippen molar-refractivity contribution in [2.45, 2.75) is 88.4 Å². The summed E-state index contributed by atoms with van der Waals surface area (Å²) in [6.07, 6.45) is 12.2. The fraction of sp³-hybridized carbons (Fsp3) is 0.833. The van der Waals surface area contributed by atoms with E-state index in [1.54, 1.807) is 0 Å². The Morgan fingerprint density at radius 1 is 1.13 bits per heavy atom. The Morgan fingerprint density at radius 3 is 2.65 bits per heavy atom. The first-order valence-corrected chi connectivity index (χ1v) is 13.7. The highest BCUT2D eigenvalue weighted by atomic mass is 32.2. The molecule has 1 aromatic heterocycles. The van der Waals surface area contributed by atoms with Gasteiger partial charge in [0.25, 0.3) is 0 Å². The maximum Gasteiger partial charge on any atom is 0.173 e. The third-order valence-corrected chi connectivity index (χ3v) is 11.9. The molecule has 4 aliphatic carbocycles. The average Bonchev–Trinajstić information content (AvgIpc) is 3.30. The summed E-state index contributed by atoms with van der Waals surface area (Å²) in [6, 6.07) is 2.02. The van der Waals surface area contributed by atoms with Crippen molar-refractivity contribution < 1.29 is 13.5 Å². The summed E-state index contributed by atoms with van der Waals surface area (Å²) in [7, 11) is -3.36. The monoisotopic (exact) mass is 445 g/mol. The van der Waals surface area contributed by atoms with Crippen LogP contribution in [0, 0.1) is 46.3 Å². The van der Waals surface area contributed by atoms with Gasteiger partial charge in [-0.05, 0) is 99.7 Å². The number of nitriles is 1. The molecule has 1 aromatic rings. The first-order chi connectivity index (χ1) is 14.6. The maximum absolute atomic E-state index is 13.4. The molecule has 0 radical (unpaired) electrons. The Labute approximate surface area is 185 Å². The van der Waals surface area contributed by atoms with E-state index < -0.39 is 15.4 Å². The molecule has 8 atom stereocenters. The maximum atomic E-state index is 13.4. The van der Waals surface area contributed by atoms with Crippen molar-refractivity contribution >= 4 is 9.84 Å². The van der Waals surface area contributed by atoms with Crippen LogP contribution in [0.5, 0.6) is 0 Å². The molecule has 0 unspecified atom stereocenters. The Balaban J connectivity index is 1.35. The van der Waals surface area contributed by atoms with E-state index in [1.807, 2.05) is 13.0 Å². The number of hydrogen-bond acceptors (Lipinski definition) is 5. The predicted octanol–water partition coefficient (Wildman–Crippen LogP) is 3.90. The largest absolute Gasteiger partial charge is 0.390 e. The fourth-order valence-corrected chi connectivity index (χ4v) is 10.7. The molecule has 6 nitrogen and oxygen atoms in total. The average molecular weight is 446 g/mol. The number of fused-ring (bicyclic) bond motifs is 5. The van der Waals surface area contributed by atoms with Gasteiger partial charge in [0.05, 0.1) is 22.6 Å². The number of aromatic nitrogens is 2. The van der Waals surface area contributed by atoms with Crippen molar-refractivity contribution in [2.24, 2.45) is 35.0 Å². The number of hydrogen-bond donors (Lipinski definition) is 1. The van der Waals surface area contributed by atoms with Gasteiger partial charge in [-0.1, -0.05) is 6.92 Å². The highest BCUT2D eigenvalue weighted by Gasteiger charge is 2.60. The minimum atomic E-state index is -3.36. The molecule has 5 rings (SSSR count). The number of sulfone groups is 1. The van der Waals surface area contributed by atoms with Gasteiger partial charge in [-0.15, -0.1) is 0 Å². The molecular weight excluding hydrogens is 410 g/mol. The number of aliphatic hydroxyl groups is 1. The quantitative estimate of drug-likeness (QED) is 0.761. The van der Waals surface area contributed by atoms with Gasteiger partial charge in [0.2, 0.25) is 0 Å². The Kier molecular flexibility index (Phi) is 5.06. The molecule has 7 heteroatoms. The van der Waals surface area contributed by atoms with Gasteiger partial charge in [0.1, 0.15) is 11.9 Å². The number of nitrogens with zero attached hydrogens (tertiary/aromatic N) is 3. The lowest BCUT2D eigenvalue weighted by atomic mass is 9.50. The topological polar surface area (TPSA) is 96.0 Å². The minimum absolute atomic E-state index is 0.129. The lowest BCUT2D eigenvalue weighted by Crippen LogP contribution is -2.52. The molecule has 0 aliphatic heterocycles. The molecule has 0 aromatic carbocycles. The van der Waals surface area contributed by atoms with E-state index in [9.17, 15) is 13.5 Å². The van der Waals surface area contributed by atoms with Crippen molar-refractivity contribution in [3.63, 3.8) is 0 Å². The molecule has 0 saturated heterocycles. The highest BCUT2D eigenvalue weighted by molar-refractivity contribution is 7.91. The van der Waals surface area contributed by atoms with Gasteiger partial charge in [-0.3, -0.25) is 4.68 Å². The molecule has 4 saturated carbocycles. The molecule has 0 spiro atoms. The van der Waals surface area contributed by atoms with E-state index in [0.29, 0.717) is 35.2 Å². The van der Waals surface area contributed by atoms with Crippen LogP contribution in [-0.4, -0.2) is 34.2 Å². The second-order valence-corrected chi connectivity index (χ2v) is 13.6. The Hall–Kier alpha value is -1.39. The second kappa shape index (κ2) is 7.31. The van der Waals surface area contributed by atoms with E-state index in [1.165, 1.54) is 29.9 Å². The normalized spacial score (nSPS) is 44.7. The molecule has 0 bridgehead atoms.